The van der Waals surface area contributed by atoms with E-state index in [1.54, 1.807) is 24.3 Å². The fraction of sp³-hybridized carbons (Fsp3) is 0.429. The van der Waals surface area contributed by atoms with Crippen molar-refractivity contribution in [2.45, 2.75) is 13.8 Å². The van der Waals surface area contributed by atoms with Gasteiger partial charge in [0.25, 0.3) is 0 Å². The molecule has 0 aromatic heterocycles. The normalized spacial score (nSPS) is 10.3. The third kappa shape index (κ3) is 5.52. The molecule has 0 saturated carbocycles. The lowest BCUT2D eigenvalue weighted by Gasteiger charge is -2.08. The summed E-state index contributed by atoms with van der Waals surface area (Å²) in [6, 6.07) is 6.48. The fourth-order valence-corrected chi connectivity index (χ4v) is 1.30. The van der Waals surface area contributed by atoms with Gasteiger partial charge in [-0.15, -0.1) is 0 Å². The molecule has 0 atom stereocenters. The smallest absolute Gasteiger partial charge is 0.344 e. The third-order valence-corrected chi connectivity index (χ3v) is 2.30. The quantitative estimate of drug-likeness (QED) is 0.595. The van der Waals surface area contributed by atoms with E-state index in [0.717, 1.165) is 0 Å². The molecule has 0 amide bonds. The van der Waals surface area contributed by atoms with Crippen molar-refractivity contribution in [2.24, 2.45) is 11.7 Å². The Balaban J connectivity index is 2.41. The van der Waals surface area contributed by atoms with E-state index in [9.17, 15) is 9.59 Å². The van der Waals surface area contributed by atoms with E-state index < -0.39 is 5.97 Å². The van der Waals surface area contributed by atoms with Crippen LogP contribution in [0.15, 0.2) is 24.3 Å². The maximum Gasteiger partial charge on any atom is 0.344 e. The van der Waals surface area contributed by atoms with Crippen molar-refractivity contribution in [3.8, 4) is 5.75 Å². The lowest BCUT2D eigenvalue weighted by Crippen LogP contribution is -2.17. The van der Waals surface area contributed by atoms with Crippen LogP contribution in [0.25, 0.3) is 0 Å². The van der Waals surface area contributed by atoms with E-state index in [2.05, 4.69) is 0 Å². The van der Waals surface area contributed by atoms with Gasteiger partial charge in [-0.05, 0) is 30.2 Å². The molecule has 1 rings (SSSR count). The van der Waals surface area contributed by atoms with Crippen LogP contribution in [0.5, 0.6) is 5.75 Å². The van der Waals surface area contributed by atoms with E-state index in [1.807, 2.05) is 13.8 Å². The second-order valence-corrected chi connectivity index (χ2v) is 4.52. The summed E-state index contributed by atoms with van der Waals surface area (Å²) in [5, 5.41) is 0. The van der Waals surface area contributed by atoms with Crippen molar-refractivity contribution in [3.05, 3.63) is 29.8 Å². The number of rotatable bonds is 7. The van der Waals surface area contributed by atoms with Crippen molar-refractivity contribution in [1.29, 1.82) is 0 Å². The van der Waals surface area contributed by atoms with Crippen molar-refractivity contribution in [1.82, 2.24) is 0 Å². The van der Waals surface area contributed by atoms with Crippen LogP contribution in [0.3, 0.4) is 0 Å². The van der Waals surface area contributed by atoms with Crippen molar-refractivity contribution < 1.29 is 19.1 Å². The minimum absolute atomic E-state index is 0.0261. The molecule has 0 aliphatic heterocycles. The van der Waals surface area contributed by atoms with Crippen molar-refractivity contribution in [2.75, 3.05) is 19.8 Å². The van der Waals surface area contributed by atoms with E-state index in [0.29, 0.717) is 23.8 Å². The molecule has 19 heavy (non-hydrogen) atoms. The van der Waals surface area contributed by atoms with Crippen LogP contribution in [-0.2, 0) is 9.53 Å². The summed E-state index contributed by atoms with van der Waals surface area (Å²) in [6.07, 6.45) is 0. The average Bonchev–Trinajstić information content (AvgIpc) is 2.42. The van der Waals surface area contributed by atoms with Crippen molar-refractivity contribution >= 4 is 11.8 Å². The highest BCUT2D eigenvalue weighted by atomic mass is 16.6. The van der Waals surface area contributed by atoms with Crippen LogP contribution < -0.4 is 10.5 Å². The van der Waals surface area contributed by atoms with Gasteiger partial charge in [0, 0.05) is 5.56 Å². The third-order valence-electron chi connectivity index (χ3n) is 2.30. The molecule has 5 heteroatoms. The van der Waals surface area contributed by atoms with Gasteiger partial charge in [0.05, 0.1) is 13.2 Å². The number of carbonyl (C=O) groups is 2. The van der Waals surface area contributed by atoms with E-state index in [4.69, 9.17) is 15.2 Å². The molecule has 0 bridgehead atoms. The molecule has 0 aliphatic rings. The number of ketones is 1. The summed E-state index contributed by atoms with van der Waals surface area (Å²) in [4.78, 5) is 22.6. The zero-order valence-electron chi connectivity index (χ0n) is 11.2. The molecular weight excluding hydrogens is 246 g/mol. The largest absolute Gasteiger partial charge is 0.482 e. The molecule has 2 N–H and O–H groups in total. The predicted molar refractivity (Wildman–Crippen MR) is 71.1 cm³/mol. The summed E-state index contributed by atoms with van der Waals surface area (Å²) in [7, 11) is 0. The summed E-state index contributed by atoms with van der Waals surface area (Å²) in [5.41, 5.74) is 5.78. The zero-order valence-corrected chi connectivity index (χ0v) is 11.2. The number of hydrogen-bond acceptors (Lipinski definition) is 5. The number of ether oxygens (including phenoxy) is 2. The molecule has 0 radical (unpaired) electrons. The highest BCUT2D eigenvalue weighted by molar-refractivity contribution is 5.97. The minimum Gasteiger partial charge on any atom is -0.482 e. The molecule has 0 aliphatic carbocycles. The van der Waals surface area contributed by atoms with E-state index in [1.165, 1.54) is 0 Å². The summed E-state index contributed by atoms with van der Waals surface area (Å²) in [6.45, 7) is 4.13. The first-order valence-corrected chi connectivity index (χ1v) is 6.14. The van der Waals surface area contributed by atoms with Crippen molar-refractivity contribution in [3.63, 3.8) is 0 Å². The lowest BCUT2D eigenvalue weighted by molar-refractivity contribution is -0.147. The second kappa shape index (κ2) is 7.53. The van der Waals surface area contributed by atoms with Gasteiger partial charge in [-0.25, -0.2) is 4.79 Å². The van der Waals surface area contributed by atoms with Gasteiger partial charge < -0.3 is 15.2 Å². The van der Waals surface area contributed by atoms with Crippen LogP contribution in [-0.4, -0.2) is 31.5 Å². The molecular formula is C14H19NO4. The number of Topliss-reactive ketones (excluding diaryl/α,β-unsaturated/α-hetero) is 1. The van der Waals surface area contributed by atoms with Gasteiger partial charge in [-0.3, -0.25) is 4.79 Å². The first-order chi connectivity index (χ1) is 9.02. The average molecular weight is 265 g/mol. The highest BCUT2D eigenvalue weighted by Gasteiger charge is 2.07. The van der Waals surface area contributed by atoms with Gasteiger partial charge in [0.1, 0.15) is 5.75 Å². The Hall–Kier alpha value is -1.88. The maximum absolute atomic E-state index is 11.3. The monoisotopic (exact) mass is 265 g/mol. The second-order valence-electron chi connectivity index (χ2n) is 4.52. The van der Waals surface area contributed by atoms with Gasteiger partial charge >= 0.3 is 5.97 Å². The molecule has 0 fully saturated rings. The van der Waals surface area contributed by atoms with Crippen LogP contribution in [0.4, 0.5) is 0 Å². The van der Waals surface area contributed by atoms with Crippen LogP contribution in [0.2, 0.25) is 0 Å². The summed E-state index contributed by atoms with van der Waals surface area (Å²) >= 11 is 0. The zero-order chi connectivity index (χ0) is 14.3. The fourth-order valence-electron chi connectivity index (χ4n) is 1.30. The standard InChI is InChI=1S/C14H19NO4/c1-10(2)8-19-14(17)9-18-12-5-3-11(4-6-12)13(16)7-15/h3-6,10H,7-9,15H2,1-2H3. The number of carbonyl (C=O) groups excluding carboxylic acids is 2. The first kappa shape index (κ1) is 15.2. The Morgan fingerprint density at radius 2 is 1.84 bits per heavy atom. The van der Waals surface area contributed by atoms with E-state index in [-0.39, 0.29) is 18.9 Å². The molecule has 1 aromatic rings. The lowest BCUT2D eigenvalue weighted by atomic mass is 10.1. The van der Waals surface area contributed by atoms with Gasteiger partial charge in [0.15, 0.2) is 12.4 Å². The predicted octanol–water partition coefficient (Wildman–Crippen LogP) is 1.41. The van der Waals surface area contributed by atoms with Crippen LogP contribution >= 0.6 is 0 Å². The number of hydrogen-bond donors (Lipinski definition) is 1. The summed E-state index contributed by atoms with van der Waals surface area (Å²) in [5.74, 6) is 0.263. The molecule has 0 saturated heterocycles. The Bertz CT molecular complexity index is 426. The maximum atomic E-state index is 11.3. The Labute approximate surface area is 112 Å². The van der Waals surface area contributed by atoms with Gasteiger partial charge in [0.2, 0.25) is 0 Å². The molecule has 0 heterocycles. The molecule has 0 unspecified atom stereocenters. The highest BCUT2D eigenvalue weighted by Crippen LogP contribution is 2.12. The number of nitrogens with two attached hydrogens (primary N) is 1. The Kier molecular flexibility index (Phi) is 6.02. The molecule has 104 valence electrons. The summed E-state index contributed by atoms with van der Waals surface area (Å²) < 4.78 is 10.2. The number of benzene rings is 1. The topological polar surface area (TPSA) is 78.6 Å². The SMILES string of the molecule is CC(C)COC(=O)COc1ccc(C(=O)CN)cc1. The van der Waals surface area contributed by atoms with E-state index >= 15 is 0 Å². The minimum atomic E-state index is -0.407. The van der Waals surface area contributed by atoms with Gasteiger partial charge in [-0.1, -0.05) is 13.8 Å². The number of esters is 1. The van der Waals surface area contributed by atoms with Crippen LogP contribution in [0, 0.1) is 5.92 Å². The first-order valence-electron chi connectivity index (χ1n) is 6.14. The van der Waals surface area contributed by atoms with Crippen LogP contribution in [0.1, 0.15) is 24.2 Å². The van der Waals surface area contributed by atoms with Gasteiger partial charge in [-0.2, -0.15) is 0 Å². The molecule has 0 spiro atoms. The molecule has 1 aromatic carbocycles. The Morgan fingerprint density at radius 3 is 2.37 bits per heavy atom. The molecule has 5 nitrogen and oxygen atoms in total. The Morgan fingerprint density at radius 1 is 1.21 bits per heavy atom.